The van der Waals surface area contributed by atoms with Crippen molar-refractivity contribution in [3.8, 4) is 28.6 Å². The van der Waals surface area contributed by atoms with Crippen LogP contribution in [-0.2, 0) is 9.53 Å². The summed E-state index contributed by atoms with van der Waals surface area (Å²) in [4.78, 5) is 11.5. The predicted molar refractivity (Wildman–Crippen MR) is 97.8 cm³/mol. The highest BCUT2D eigenvalue weighted by molar-refractivity contribution is 7.99. The second-order valence-electron chi connectivity index (χ2n) is 5.20. The van der Waals surface area contributed by atoms with Crippen molar-refractivity contribution in [3.63, 3.8) is 0 Å². The number of aromatic nitrogens is 3. The molecule has 0 saturated carbocycles. The first-order valence-corrected chi connectivity index (χ1v) is 8.71. The van der Waals surface area contributed by atoms with E-state index in [1.54, 1.807) is 35.9 Å². The number of para-hydroxylation sites is 3. The molecule has 26 heavy (non-hydrogen) atoms. The monoisotopic (exact) mass is 371 g/mol. The van der Waals surface area contributed by atoms with Crippen LogP contribution in [0.4, 0.5) is 0 Å². The third kappa shape index (κ3) is 3.50. The molecule has 0 radical (unpaired) electrons. The van der Waals surface area contributed by atoms with E-state index >= 15 is 0 Å². The minimum absolute atomic E-state index is 0.0839. The number of carbonyl (C=O) groups excluding carboxylic acids is 1. The first-order valence-electron chi connectivity index (χ1n) is 7.72. The van der Waals surface area contributed by atoms with Gasteiger partial charge in [0.05, 0.1) is 31.2 Å². The summed E-state index contributed by atoms with van der Waals surface area (Å²) >= 11 is 1.19. The van der Waals surface area contributed by atoms with Gasteiger partial charge in [-0.3, -0.25) is 9.36 Å². The van der Waals surface area contributed by atoms with Gasteiger partial charge < -0.3 is 14.6 Å². The molecule has 3 rings (SSSR count). The van der Waals surface area contributed by atoms with Crippen LogP contribution in [0.5, 0.6) is 11.5 Å². The van der Waals surface area contributed by atoms with Crippen molar-refractivity contribution >= 4 is 17.7 Å². The van der Waals surface area contributed by atoms with E-state index in [1.165, 1.54) is 18.9 Å². The zero-order valence-electron chi connectivity index (χ0n) is 14.2. The van der Waals surface area contributed by atoms with Gasteiger partial charge in [-0.1, -0.05) is 36.0 Å². The number of benzene rings is 2. The third-order valence-electron chi connectivity index (χ3n) is 3.65. The van der Waals surface area contributed by atoms with Crippen molar-refractivity contribution in [1.82, 2.24) is 14.8 Å². The molecule has 0 aliphatic heterocycles. The molecule has 7 nitrogen and oxygen atoms in total. The largest absolute Gasteiger partial charge is 0.507 e. The zero-order chi connectivity index (χ0) is 18.5. The molecule has 1 heterocycles. The number of phenolic OH excluding ortho intramolecular Hbond substituents is 1. The maximum atomic E-state index is 11.5. The summed E-state index contributed by atoms with van der Waals surface area (Å²) in [7, 11) is 2.91. The molecule has 3 aromatic rings. The van der Waals surface area contributed by atoms with Crippen LogP contribution >= 0.6 is 11.8 Å². The molecule has 0 aliphatic carbocycles. The molecular formula is C18H17N3O4S. The van der Waals surface area contributed by atoms with Gasteiger partial charge in [0.2, 0.25) is 0 Å². The molecular weight excluding hydrogens is 354 g/mol. The zero-order valence-corrected chi connectivity index (χ0v) is 15.1. The fraction of sp³-hybridized carbons (Fsp3) is 0.167. The summed E-state index contributed by atoms with van der Waals surface area (Å²) in [6.07, 6.45) is 0. The number of carbonyl (C=O) groups is 1. The third-order valence-corrected chi connectivity index (χ3v) is 4.55. The molecule has 0 fully saturated rings. The van der Waals surface area contributed by atoms with Crippen LogP contribution in [0, 0.1) is 0 Å². The maximum absolute atomic E-state index is 11.5. The summed E-state index contributed by atoms with van der Waals surface area (Å²) in [5.41, 5.74) is 1.22. The van der Waals surface area contributed by atoms with Crippen molar-refractivity contribution in [2.75, 3.05) is 20.0 Å². The molecule has 0 atom stereocenters. The van der Waals surface area contributed by atoms with Crippen LogP contribution < -0.4 is 4.74 Å². The molecule has 0 amide bonds. The standard InChI is InChI=1S/C18H17N3O4S/c1-24-15-10-6-4-8-13(15)21-17(12-7-3-5-9-14(12)22)19-20-18(21)26-11-16(23)25-2/h3-10,22H,11H2,1-2H3. The summed E-state index contributed by atoms with van der Waals surface area (Å²) < 4.78 is 11.9. The highest BCUT2D eigenvalue weighted by Gasteiger charge is 2.21. The van der Waals surface area contributed by atoms with E-state index in [1.807, 2.05) is 24.3 Å². The highest BCUT2D eigenvalue weighted by atomic mass is 32.2. The van der Waals surface area contributed by atoms with Gasteiger partial charge in [-0.15, -0.1) is 10.2 Å². The lowest BCUT2D eigenvalue weighted by molar-refractivity contribution is -0.137. The lowest BCUT2D eigenvalue weighted by atomic mass is 10.2. The smallest absolute Gasteiger partial charge is 0.316 e. The molecule has 2 aromatic carbocycles. The summed E-state index contributed by atoms with van der Waals surface area (Å²) in [6.45, 7) is 0. The van der Waals surface area contributed by atoms with Crippen molar-refractivity contribution in [2.45, 2.75) is 5.16 Å². The van der Waals surface area contributed by atoms with E-state index in [4.69, 9.17) is 9.47 Å². The first-order chi connectivity index (χ1) is 12.7. The van der Waals surface area contributed by atoms with Crippen LogP contribution in [0.3, 0.4) is 0 Å². The van der Waals surface area contributed by atoms with Crippen LogP contribution in [0.1, 0.15) is 0 Å². The van der Waals surface area contributed by atoms with E-state index < -0.39 is 0 Å². The SMILES string of the molecule is COC(=O)CSc1nnc(-c2ccccc2O)n1-c1ccccc1OC. The second-order valence-corrected chi connectivity index (χ2v) is 6.14. The first kappa shape index (κ1) is 17.8. The average molecular weight is 371 g/mol. The molecule has 134 valence electrons. The Morgan fingerprint density at radius 3 is 2.58 bits per heavy atom. The molecule has 1 N–H and O–H groups in total. The second kappa shape index (κ2) is 7.92. The van der Waals surface area contributed by atoms with Crippen molar-refractivity contribution in [3.05, 3.63) is 48.5 Å². The molecule has 0 aliphatic rings. The molecule has 0 unspecified atom stereocenters. The van der Waals surface area contributed by atoms with E-state index in [2.05, 4.69) is 10.2 Å². The van der Waals surface area contributed by atoms with Gasteiger partial charge >= 0.3 is 5.97 Å². The summed E-state index contributed by atoms with van der Waals surface area (Å²) in [5.74, 6) is 0.864. The number of nitrogens with zero attached hydrogens (tertiary/aromatic N) is 3. The number of rotatable bonds is 6. The Labute approximate surface area is 154 Å². The minimum atomic E-state index is -0.367. The van der Waals surface area contributed by atoms with E-state index in [-0.39, 0.29) is 17.5 Å². The molecule has 8 heteroatoms. The van der Waals surface area contributed by atoms with Gasteiger partial charge in [0.25, 0.3) is 0 Å². The van der Waals surface area contributed by atoms with Gasteiger partial charge in [0.1, 0.15) is 11.5 Å². The van der Waals surface area contributed by atoms with Crippen molar-refractivity contribution in [1.29, 1.82) is 0 Å². The quantitative estimate of drug-likeness (QED) is 0.527. The van der Waals surface area contributed by atoms with Gasteiger partial charge in [0, 0.05) is 0 Å². The van der Waals surface area contributed by atoms with Crippen LogP contribution in [0.25, 0.3) is 17.1 Å². The Bertz CT molecular complexity index is 926. The van der Waals surface area contributed by atoms with E-state index in [9.17, 15) is 9.90 Å². The van der Waals surface area contributed by atoms with Crippen molar-refractivity contribution < 1.29 is 19.4 Å². The lowest BCUT2D eigenvalue weighted by Crippen LogP contribution is -2.06. The fourth-order valence-electron chi connectivity index (χ4n) is 2.41. The number of aromatic hydroxyl groups is 1. The fourth-order valence-corrected chi connectivity index (χ4v) is 3.19. The number of esters is 1. The number of phenols is 1. The predicted octanol–water partition coefficient (Wildman–Crippen LogP) is 2.91. The summed E-state index contributed by atoms with van der Waals surface area (Å²) in [6, 6.07) is 14.3. The average Bonchev–Trinajstić information content (AvgIpc) is 3.09. The number of thioether (sulfide) groups is 1. The Kier molecular flexibility index (Phi) is 5.43. The van der Waals surface area contributed by atoms with Crippen LogP contribution in [0.2, 0.25) is 0 Å². The van der Waals surface area contributed by atoms with Gasteiger partial charge in [-0.05, 0) is 24.3 Å². The molecule has 1 aromatic heterocycles. The Hall–Kier alpha value is -3.00. The minimum Gasteiger partial charge on any atom is -0.507 e. The van der Waals surface area contributed by atoms with Gasteiger partial charge in [0.15, 0.2) is 11.0 Å². The number of hydrogen-bond donors (Lipinski definition) is 1. The Balaban J connectivity index is 2.16. The van der Waals surface area contributed by atoms with E-state index in [0.717, 1.165) is 0 Å². The molecule has 0 bridgehead atoms. The molecule has 0 saturated heterocycles. The highest BCUT2D eigenvalue weighted by Crippen LogP contribution is 2.35. The van der Waals surface area contributed by atoms with Crippen molar-refractivity contribution in [2.24, 2.45) is 0 Å². The number of methoxy groups -OCH3 is 2. The summed E-state index contributed by atoms with van der Waals surface area (Å²) in [5, 5.41) is 19.1. The normalized spacial score (nSPS) is 10.5. The van der Waals surface area contributed by atoms with Crippen LogP contribution in [-0.4, -0.2) is 45.8 Å². The Morgan fingerprint density at radius 2 is 1.85 bits per heavy atom. The topological polar surface area (TPSA) is 86.5 Å². The van der Waals surface area contributed by atoms with Gasteiger partial charge in [-0.25, -0.2) is 0 Å². The number of ether oxygens (including phenoxy) is 2. The maximum Gasteiger partial charge on any atom is 0.316 e. The van der Waals surface area contributed by atoms with E-state index in [0.29, 0.717) is 28.0 Å². The lowest BCUT2D eigenvalue weighted by Gasteiger charge is -2.14. The van der Waals surface area contributed by atoms with Crippen LogP contribution in [0.15, 0.2) is 53.7 Å². The number of hydrogen-bond acceptors (Lipinski definition) is 7. The Morgan fingerprint density at radius 1 is 1.12 bits per heavy atom. The molecule has 0 spiro atoms. The van der Waals surface area contributed by atoms with Gasteiger partial charge in [-0.2, -0.15) is 0 Å².